The average Bonchev–Trinajstić information content (AvgIpc) is 4.00. The van der Waals surface area contributed by atoms with Crippen LogP contribution in [0.2, 0.25) is 0 Å². The van der Waals surface area contributed by atoms with Crippen LogP contribution >= 0.6 is 0 Å². The second-order valence-corrected chi connectivity index (χ2v) is 24.6. The lowest BCUT2D eigenvalue weighted by molar-refractivity contribution is -0.180. The van der Waals surface area contributed by atoms with Gasteiger partial charge in [-0.1, -0.05) is 129 Å². The third-order valence-corrected chi connectivity index (χ3v) is 19.8. The molecular formula is C61H100N2O6. The van der Waals surface area contributed by atoms with Crippen LogP contribution in [0.1, 0.15) is 184 Å². The van der Waals surface area contributed by atoms with Crippen molar-refractivity contribution in [1.82, 2.24) is 10.6 Å². The third-order valence-electron chi connectivity index (χ3n) is 19.8. The monoisotopic (exact) mass is 957 g/mol. The molecule has 2 aliphatic heterocycles. The molecule has 3 unspecified atom stereocenters. The van der Waals surface area contributed by atoms with E-state index in [0.29, 0.717) is 54.9 Å². The fraction of sp³-hybridized carbons (Fsp3) is 0.803. The molecule has 390 valence electrons. The first kappa shape index (κ1) is 54.3. The van der Waals surface area contributed by atoms with Gasteiger partial charge in [0.15, 0.2) is 23.0 Å². The predicted octanol–water partition coefficient (Wildman–Crippen LogP) is 13.3. The van der Waals surface area contributed by atoms with E-state index in [-0.39, 0.29) is 51.5 Å². The fourth-order valence-electron chi connectivity index (χ4n) is 15.4. The van der Waals surface area contributed by atoms with Gasteiger partial charge in [-0.3, -0.25) is 0 Å². The van der Waals surface area contributed by atoms with Gasteiger partial charge in [-0.05, 0) is 140 Å². The van der Waals surface area contributed by atoms with Gasteiger partial charge in [-0.15, -0.1) is 0 Å². The number of methoxy groups -OCH3 is 2. The molecule has 8 nitrogen and oxygen atoms in total. The molecule has 8 heteroatoms. The average molecular weight is 957 g/mol. The summed E-state index contributed by atoms with van der Waals surface area (Å²) in [6, 6.07) is 9.83. The standard InChI is InChI=1S/C57H88N2O6.2C2H6/c1-15-18-25-58-42-29-37-22-24-44(49-46(37)57(17-3)40(42)31-55(12,34(5)54(9,10)11)51(61-14)52(57)65-49)63-27-26-62-43-23-21-36-28-41(59-32-35-19-20-35)39-30-38(33(4)53(6,7)8)47(60-13)50-56(39,16-2)45(36)48(43)64-50;2*1-2/h21-24,33-35,38-42,47,50-52,58-59H,15-20,25-32H2,1-14H3;2*1-2H3/t33-,34+,38?,39?,40?,41-,42-,47-,50+,51+,52+,55-,56+,57+;;/m1../s1. The van der Waals surface area contributed by atoms with Crippen molar-refractivity contribution in [1.29, 1.82) is 0 Å². The van der Waals surface area contributed by atoms with Crippen molar-refractivity contribution < 1.29 is 28.4 Å². The van der Waals surface area contributed by atoms with E-state index < -0.39 is 0 Å². The zero-order valence-electron chi connectivity index (χ0n) is 47.1. The largest absolute Gasteiger partial charge is 0.486 e. The third kappa shape index (κ3) is 9.08. The van der Waals surface area contributed by atoms with Gasteiger partial charge in [0.25, 0.3) is 0 Å². The van der Waals surface area contributed by atoms with E-state index in [0.717, 1.165) is 80.5 Å². The van der Waals surface area contributed by atoms with Crippen LogP contribution in [0.15, 0.2) is 24.3 Å². The molecule has 2 aromatic rings. The summed E-state index contributed by atoms with van der Waals surface area (Å²) in [7, 11) is 3.84. The van der Waals surface area contributed by atoms with Gasteiger partial charge in [-0.2, -0.15) is 0 Å². The molecule has 0 aromatic heterocycles. The summed E-state index contributed by atoms with van der Waals surface area (Å²) in [5.41, 5.74) is 5.50. The molecule has 14 atom stereocenters. The quantitative estimate of drug-likeness (QED) is 0.143. The summed E-state index contributed by atoms with van der Waals surface area (Å²) >= 11 is 0. The number of unbranched alkanes of at least 4 members (excludes halogenated alkanes) is 1. The van der Waals surface area contributed by atoms with E-state index in [2.05, 4.69) is 118 Å². The summed E-state index contributed by atoms with van der Waals surface area (Å²) < 4.78 is 41.6. The minimum atomic E-state index is -0.162. The van der Waals surface area contributed by atoms with Crippen LogP contribution in [0.25, 0.3) is 0 Å². The molecule has 0 amide bonds. The van der Waals surface area contributed by atoms with Crippen LogP contribution in [-0.2, 0) is 33.1 Å². The smallest absolute Gasteiger partial charge is 0.165 e. The van der Waals surface area contributed by atoms with Crippen molar-refractivity contribution in [2.45, 2.75) is 222 Å². The zero-order chi connectivity index (χ0) is 50.4. The number of hydrogen-bond donors (Lipinski definition) is 2. The van der Waals surface area contributed by atoms with Crippen molar-refractivity contribution in [2.75, 3.05) is 40.5 Å². The van der Waals surface area contributed by atoms with Crippen molar-refractivity contribution in [3.63, 3.8) is 0 Å². The van der Waals surface area contributed by atoms with Crippen molar-refractivity contribution in [3.8, 4) is 23.0 Å². The summed E-state index contributed by atoms with van der Waals surface area (Å²) in [5, 5.41) is 8.25. The summed E-state index contributed by atoms with van der Waals surface area (Å²) in [6.07, 6.45) is 11.2. The number of benzene rings is 2. The first-order valence-corrected chi connectivity index (χ1v) is 28.4. The van der Waals surface area contributed by atoms with Crippen LogP contribution in [0.5, 0.6) is 23.0 Å². The highest BCUT2D eigenvalue weighted by atomic mass is 16.6. The Labute approximate surface area is 421 Å². The van der Waals surface area contributed by atoms with E-state index in [1.807, 2.05) is 41.9 Å². The van der Waals surface area contributed by atoms with Gasteiger partial charge in [0.05, 0.1) is 6.10 Å². The Balaban J connectivity index is 0.00000171. The lowest BCUT2D eigenvalue weighted by Gasteiger charge is -2.61. The molecule has 69 heavy (non-hydrogen) atoms. The van der Waals surface area contributed by atoms with E-state index in [4.69, 9.17) is 28.4 Å². The summed E-state index contributed by atoms with van der Waals surface area (Å²) in [5.74, 6) is 6.54. The summed E-state index contributed by atoms with van der Waals surface area (Å²) in [4.78, 5) is 0. The molecule has 2 aromatic carbocycles. The van der Waals surface area contributed by atoms with Gasteiger partial charge >= 0.3 is 0 Å². The van der Waals surface area contributed by atoms with Crippen LogP contribution in [-0.4, -0.2) is 77.0 Å². The SMILES string of the molecule is CC.CC.CCCCN[C@@H]1Cc2ccc(OCCOc3ccc4c5c3O[C@H]3[C@H](OC)C([C@@H](C)C(C)(C)C)CC([C@H](NCC6CC6)C4)[C@@]53CC)c3c2[C@]2(CC)C1C[C@](C)([C@@H](C)C(C)(C)C)[C@@H](OC)[C@@H]2O3. The van der Waals surface area contributed by atoms with E-state index in [1.54, 1.807) is 0 Å². The molecule has 5 aliphatic carbocycles. The molecule has 3 saturated carbocycles. The van der Waals surface area contributed by atoms with Gasteiger partial charge in [0.1, 0.15) is 31.5 Å². The molecule has 0 radical (unpaired) electrons. The van der Waals surface area contributed by atoms with E-state index >= 15 is 0 Å². The van der Waals surface area contributed by atoms with Crippen LogP contribution in [0, 0.1) is 51.8 Å². The molecular weight excluding hydrogens is 857 g/mol. The van der Waals surface area contributed by atoms with Gasteiger partial charge in [0, 0.05) is 53.7 Å². The van der Waals surface area contributed by atoms with Crippen molar-refractivity contribution >= 4 is 0 Å². The number of nitrogens with one attached hydrogen (secondary N) is 2. The zero-order valence-corrected chi connectivity index (χ0v) is 47.1. The predicted molar refractivity (Wildman–Crippen MR) is 285 cm³/mol. The number of rotatable bonds is 18. The Morgan fingerprint density at radius 3 is 1.72 bits per heavy atom. The normalized spacial score (nSPS) is 34.4. The maximum Gasteiger partial charge on any atom is 0.165 e. The lowest BCUT2D eigenvalue weighted by atomic mass is 9.45. The maximum absolute atomic E-state index is 7.40. The Bertz CT molecular complexity index is 2040. The minimum absolute atomic E-state index is 0.000279. The Morgan fingerprint density at radius 1 is 0.710 bits per heavy atom. The molecule has 2 heterocycles. The molecule has 7 aliphatic rings. The van der Waals surface area contributed by atoms with E-state index in [1.165, 1.54) is 47.9 Å². The van der Waals surface area contributed by atoms with Crippen molar-refractivity contribution in [2.24, 2.45) is 51.8 Å². The molecule has 0 saturated heterocycles. The molecule has 0 bridgehead atoms. The highest BCUT2D eigenvalue weighted by molar-refractivity contribution is 5.62. The molecule has 2 N–H and O–H groups in total. The van der Waals surface area contributed by atoms with Crippen LogP contribution < -0.4 is 29.6 Å². The van der Waals surface area contributed by atoms with Gasteiger partial charge < -0.3 is 39.1 Å². The topological polar surface area (TPSA) is 79.4 Å². The lowest BCUT2D eigenvalue weighted by Crippen LogP contribution is -2.68. The first-order chi connectivity index (χ1) is 32.9. The number of ether oxygens (including phenoxy) is 6. The fourth-order valence-corrected chi connectivity index (χ4v) is 15.4. The van der Waals surface area contributed by atoms with Gasteiger partial charge in [-0.25, -0.2) is 0 Å². The molecule has 3 fully saturated rings. The Morgan fingerprint density at radius 2 is 1.25 bits per heavy atom. The Kier molecular flexibility index (Phi) is 16.6. The van der Waals surface area contributed by atoms with Crippen LogP contribution in [0.4, 0.5) is 0 Å². The first-order valence-electron chi connectivity index (χ1n) is 28.4. The van der Waals surface area contributed by atoms with E-state index in [9.17, 15) is 0 Å². The second-order valence-electron chi connectivity index (χ2n) is 24.6. The molecule has 9 rings (SSSR count). The van der Waals surface area contributed by atoms with Crippen molar-refractivity contribution in [3.05, 3.63) is 46.5 Å². The minimum Gasteiger partial charge on any atom is -0.486 e. The highest BCUT2D eigenvalue weighted by Gasteiger charge is 2.69. The van der Waals surface area contributed by atoms with Crippen LogP contribution in [0.3, 0.4) is 0 Å². The highest BCUT2D eigenvalue weighted by Crippen LogP contribution is 2.68. The molecule has 0 spiro atoms. The second kappa shape index (κ2) is 21.1. The number of hydrogen-bond acceptors (Lipinski definition) is 8. The van der Waals surface area contributed by atoms with Gasteiger partial charge in [0.2, 0.25) is 0 Å². The maximum atomic E-state index is 7.40. The summed E-state index contributed by atoms with van der Waals surface area (Å²) in [6.45, 7) is 39.8. The Hall–Kier alpha value is -2.52.